The van der Waals surface area contributed by atoms with Crippen LogP contribution in [0.1, 0.15) is 12.0 Å². The minimum absolute atomic E-state index is 0.244. The summed E-state index contributed by atoms with van der Waals surface area (Å²) in [7, 11) is 0. The summed E-state index contributed by atoms with van der Waals surface area (Å²) < 4.78 is 76.9. The number of rotatable bonds is 5. The first kappa shape index (κ1) is 17.3. The number of halogens is 7. The van der Waals surface area contributed by atoms with Gasteiger partial charge in [0.15, 0.2) is 0 Å². The summed E-state index contributed by atoms with van der Waals surface area (Å²) in [6.45, 7) is 0. The highest BCUT2D eigenvalue weighted by Crippen LogP contribution is 2.40. The Hall–Kier alpha value is -0.760. The van der Waals surface area contributed by atoms with E-state index < -0.39 is 29.4 Å². The molecule has 1 aromatic carbocycles. The average Bonchev–Trinajstić information content (AvgIpc) is 2.23. The fourth-order valence-electron chi connectivity index (χ4n) is 1.42. The standard InChI is InChI=1S/C11H9ClF6OS/c12-5-1-2-7-3-4-8(19-10(13,14)15)6-9(7)20-11(16,17)18/h3-4,6H,1-2,5H2. The molecule has 1 aromatic rings. The molecule has 0 atom stereocenters. The first-order valence-corrected chi connectivity index (χ1v) is 6.66. The van der Waals surface area contributed by atoms with Crippen molar-refractivity contribution in [3.8, 4) is 5.75 Å². The van der Waals surface area contributed by atoms with E-state index in [2.05, 4.69) is 4.74 Å². The van der Waals surface area contributed by atoms with Gasteiger partial charge < -0.3 is 4.74 Å². The number of ether oxygens (including phenoxy) is 1. The van der Waals surface area contributed by atoms with E-state index >= 15 is 0 Å². The van der Waals surface area contributed by atoms with Gasteiger partial charge in [0.05, 0.1) is 0 Å². The Morgan fingerprint density at radius 3 is 2.25 bits per heavy atom. The third-order valence-electron chi connectivity index (χ3n) is 2.08. The zero-order valence-electron chi connectivity index (χ0n) is 9.82. The van der Waals surface area contributed by atoms with E-state index in [-0.39, 0.29) is 22.8 Å². The smallest absolute Gasteiger partial charge is 0.406 e. The van der Waals surface area contributed by atoms with E-state index in [1.54, 1.807) is 0 Å². The molecule has 0 spiro atoms. The van der Waals surface area contributed by atoms with E-state index in [1.165, 1.54) is 6.07 Å². The van der Waals surface area contributed by atoms with Crippen molar-refractivity contribution in [1.82, 2.24) is 0 Å². The van der Waals surface area contributed by atoms with Crippen LogP contribution in [-0.2, 0) is 6.42 Å². The van der Waals surface area contributed by atoms with Crippen LogP contribution >= 0.6 is 23.4 Å². The first-order valence-electron chi connectivity index (χ1n) is 5.31. The van der Waals surface area contributed by atoms with Crippen molar-refractivity contribution in [2.24, 2.45) is 0 Å². The van der Waals surface area contributed by atoms with Crippen molar-refractivity contribution in [3.63, 3.8) is 0 Å². The summed E-state index contributed by atoms with van der Waals surface area (Å²) in [6, 6.07) is 2.90. The lowest BCUT2D eigenvalue weighted by Gasteiger charge is -2.14. The highest BCUT2D eigenvalue weighted by atomic mass is 35.5. The van der Waals surface area contributed by atoms with Crippen LogP contribution in [0.15, 0.2) is 23.1 Å². The number of hydrogen-bond acceptors (Lipinski definition) is 2. The maximum atomic E-state index is 12.4. The fourth-order valence-corrected chi connectivity index (χ4v) is 2.27. The number of hydrogen-bond donors (Lipinski definition) is 0. The van der Waals surface area contributed by atoms with Crippen LogP contribution in [0.3, 0.4) is 0 Å². The highest BCUT2D eigenvalue weighted by Gasteiger charge is 2.33. The van der Waals surface area contributed by atoms with E-state index in [4.69, 9.17) is 11.6 Å². The van der Waals surface area contributed by atoms with Crippen LogP contribution in [-0.4, -0.2) is 17.8 Å². The molecule has 0 aliphatic heterocycles. The van der Waals surface area contributed by atoms with Crippen LogP contribution in [0.4, 0.5) is 26.3 Å². The summed E-state index contributed by atoms with van der Waals surface area (Å²) in [6.07, 6.45) is -4.28. The Bertz CT molecular complexity index is 446. The molecule has 114 valence electrons. The van der Waals surface area contributed by atoms with Crippen LogP contribution in [0.2, 0.25) is 0 Å². The van der Waals surface area contributed by atoms with Crippen LogP contribution < -0.4 is 4.74 Å². The zero-order valence-corrected chi connectivity index (χ0v) is 11.4. The average molecular weight is 339 g/mol. The molecule has 20 heavy (non-hydrogen) atoms. The zero-order chi connectivity index (χ0) is 15.4. The van der Waals surface area contributed by atoms with Crippen LogP contribution in [0.5, 0.6) is 5.75 Å². The van der Waals surface area contributed by atoms with Crippen molar-refractivity contribution in [2.45, 2.75) is 29.6 Å². The van der Waals surface area contributed by atoms with Gasteiger partial charge >= 0.3 is 11.9 Å². The lowest BCUT2D eigenvalue weighted by molar-refractivity contribution is -0.274. The Morgan fingerprint density at radius 2 is 1.75 bits per heavy atom. The summed E-state index contributed by atoms with van der Waals surface area (Å²) in [5, 5.41) is 0. The van der Waals surface area contributed by atoms with Crippen molar-refractivity contribution in [1.29, 1.82) is 0 Å². The molecule has 0 bridgehead atoms. The molecule has 0 unspecified atom stereocenters. The molecular weight excluding hydrogens is 330 g/mol. The molecule has 0 amide bonds. The molecule has 0 fully saturated rings. The van der Waals surface area contributed by atoms with Gasteiger partial charge in [0.25, 0.3) is 0 Å². The Balaban J connectivity index is 3.01. The first-order chi connectivity index (χ1) is 9.11. The number of thioether (sulfide) groups is 1. The molecule has 0 heterocycles. The van der Waals surface area contributed by atoms with Crippen molar-refractivity contribution >= 4 is 23.4 Å². The third-order valence-corrected chi connectivity index (χ3v) is 3.18. The van der Waals surface area contributed by atoms with Gasteiger partial charge in [-0.3, -0.25) is 0 Å². The van der Waals surface area contributed by atoms with E-state index in [0.717, 1.165) is 12.1 Å². The van der Waals surface area contributed by atoms with Crippen molar-refractivity contribution in [3.05, 3.63) is 23.8 Å². The maximum Gasteiger partial charge on any atom is 0.573 e. The van der Waals surface area contributed by atoms with Gasteiger partial charge in [0, 0.05) is 10.8 Å². The molecule has 0 N–H and O–H groups in total. The van der Waals surface area contributed by atoms with E-state index in [9.17, 15) is 26.3 Å². The highest BCUT2D eigenvalue weighted by molar-refractivity contribution is 8.00. The van der Waals surface area contributed by atoms with Gasteiger partial charge in [-0.1, -0.05) is 6.07 Å². The Kier molecular flexibility index (Phi) is 5.88. The molecule has 0 radical (unpaired) electrons. The Labute approximate surface area is 120 Å². The maximum absolute atomic E-state index is 12.4. The van der Waals surface area contributed by atoms with Crippen molar-refractivity contribution < 1.29 is 31.1 Å². The van der Waals surface area contributed by atoms with E-state index in [0.29, 0.717) is 6.42 Å². The summed E-state index contributed by atoms with van der Waals surface area (Å²) in [5.74, 6) is -0.435. The van der Waals surface area contributed by atoms with Gasteiger partial charge in [-0.25, -0.2) is 0 Å². The Morgan fingerprint density at radius 1 is 1.10 bits per heavy atom. The minimum atomic E-state index is -4.95. The number of alkyl halides is 7. The van der Waals surface area contributed by atoms with Gasteiger partial charge in [-0.15, -0.1) is 24.8 Å². The predicted octanol–water partition coefficient (Wildman–Crippen LogP) is 5.37. The van der Waals surface area contributed by atoms with Gasteiger partial charge in [-0.05, 0) is 42.3 Å². The molecule has 0 aliphatic carbocycles. The minimum Gasteiger partial charge on any atom is -0.406 e. The molecular formula is C11H9ClF6OS. The van der Waals surface area contributed by atoms with Gasteiger partial charge in [0.1, 0.15) is 5.75 Å². The van der Waals surface area contributed by atoms with Crippen LogP contribution in [0, 0.1) is 0 Å². The molecule has 9 heteroatoms. The number of aryl methyl sites for hydroxylation is 1. The monoisotopic (exact) mass is 338 g/mol. The molecule has 1 nitrogen and oxygen atoms in total. The third kappa shape index (κ3) is 6.60. The van der Waals surface area contributed by atoms with Gasteiger partial charge in [0.2, 0.25) is 0 Å². The second-order valence-electron chi connectivity index (χ2n) is 3.66. The molecule has 1 rings (SSSR count). The van der Waals surface area contributed by atoms with Crippen molar-refractivity contribution in [2.75, 3.05) is 5.88 Å². The fraction of sp³-hybridized carbons (Fsp3) is 0.455. The number of benzene rings is 1. The molecule has 0 aromatic heterocycles. The largest absolute Gasteiger partial charge is 0.573 e. The second kappa shape index (κ2) is 6.80. The normalized spacial score (nSPS) is 12.6. The summed E-state index contributed by atoms with van der Waals surface area (Å²) >= 11 is 4.98. The lowest BCUT2D eigenvalue weighted by Crippen LogP contribution is -2.17. The van der Waals surface area contributed by atoms with Crippen LogP contribution in [0.25, 0.3) is 0 Å². The predicted molar refractivity (Wildman–Crippen MR) is 64.1 cm³/mol. The van der Waals surface area contributed by atoms with Gasteiger partial charge in [-0.2, -0.15) is 13.2 Å². The lowest BCUT2D eigenvalue weighted by atomic mass is 10.1. The summed E-state index contributed by atoms with van der Waals surface area (Å²) in [4.78, 5) is -0.315. The molecule has 0 saturated carbocycles. The molecule has 0 aliphatic rings. The summed E-state index contributed by atoms with van der Waals surface area (Å²) in [5.41, 5.74) is -4.31. The SMILES string of the molecule is FC(F)(F)Oc1ccc(CCCCl)c(SC(F)(F)F)c1. The molecule has 0 saturated heterocycles. The second-order valence-corrected chi connectivity index (χ2v) is 5.14. The van der Waals surface area contributed by atoms with E-state index in [1.807, 2.05) is 0 Å². The topological polar surface area (TPSA) is 9.23 Å². The quantitative estimate of drug-likeness (QED) is 0.405.